The Kier molecular flexibility index (Phi) is 5.83. The third-order valence-corrected chi connectivity index (χ3v) is 6.38. The number of nitrogens with zero attached hydrogens (tertiary/aromatic N) is 4. The molecule has 0 spiro atoms. The number of ether oxygens (including phenoxy) is 1. The minimum atomic E-state index is -0.423. The van der Waals surface area contributed by atoms with Gasteiger partial charge < -0.3 is 15.4 Å². The molecule has 0 unspecified atom stereocenters. The number of hydrogen-bond donors (Lipinski definition) is 1. The molecule has 0 aliphatic heterocycles. The van der Waals surface area contributed by atoms with Crippen molar-refractivity contribution in [3.8, 4) is 34.6 Å². The molecule has 7 nitrogen and oxygen atoms in total. The lowest BCUT2D eigenvalue weighted by atomic mass is 9.85. The summed E-state index contributed by atoms with van der Waals surface area (Å²) in [5.74, 6) is 5.73. The van der Waals surface area contributed by atoms with Gasteiger partial charge in [0.05, 0.1) is 16.9 Å². The highest BCUT2D eigenvalue weighted by Gasteiger charge is 2.37. The van der Waals surface area contributed by atoms with E-state index in [0.717, 1.165) is 29.3 Å². The fourth-order valence-electron chi connectivity index (χ4n) is 4.36. The second-order valence-corrected chi connectivity index (χ2v) is 8.51. The Morgan fingerprint density at radius 2 is 1.91 bits per heavy atom. The quantitative estimate of drug-likeness (QED) is 0.425. The Morgan fingerprint density at radius 3 is 2.63 bits per heavy atom. The van der Waals surface area contributed by atoms with Gasteiger partial charge in [-0.25, -0.2) is 9.37 Å². The van der Waals surface area contributed by atoms with Gasteiger partial charge in [-0.3, -0.25) is 9.48 Å². The van der Waals surface area contributed by atoms with Crippen LogP contribution in [-0.4, -0.2) is 38.7 Å². The number of benzene rings is 2. The number of aromatic nitrogens is 3. The maximum atomic E-state index is 13.9. The Balaban J connectivity index is 1.42. The molecule has 2 heterocycles. The standard InChI is InChI=1S/C27H24FN5O2/c1-3-6-24(34)32(2)18-15-19(16-18)33-22-13-14-30-27(29)25(22)26(31-33)17-9-11-20(12-10-17)35-23-8-5-4-7-21(23)28/h4-5,7-14,18-19H,15-16H2,1-2H3,(H2,29,30). The molecule has 35 heavy (non-hydrogen) atoms. The number of carbonyl (C=O) groups is 1. The molecular formula is C27H24FN5O2. The van der Waals surface area contributed by atoms with Gasteiger partial charge in [0, 0.05) is 24.8 Å². The van der Waals surface area contributed by atoms with Crippen LogP contribution in [0.3, 0.4) is 0 Å². The summed E-state index contributed by atoms with van der Waals surface area (Å²) in [6.07, 6.45) is 3.23. The van der Waals surface area contributed by atoms with Crippen LogP contribution in [-0.2, 0) is 4.79 Å². The fourth-order valence-corrected chi connectivity index (χ4v) is 4.36. The maximum absolute atomic E-state index is 13.9. The van der Waals surface area contributed by atoms with Crippen LogP contribution in [0.2, 0.25) is 0 Å². The van der Waals surface area contributed by atoms with Crippen LogP contribution >= 0.6 is 0 Å². The van der Waals surface area contributed by atoms with Gasteiger partial charge in [-0.1, -0.05) is 18.1 Å². The summed E-state index contributed by atoms with van der Waals surface area (Å²) in [5, 5.41) is 5.69. The summed E-state index contributed by atoms with van der Waals surface area (Å²) in [5.41, 5.74) is 8.72. The van der Waals surface area contributed by atoms with Gasteiger partial charge in [0.25, 0.3) is 5.91 Å². The van der Waals surface area contributed by atoms with Crippen molar-refractivity contribution in [1.29, 1.82) is 0 Å². The van der Waals surface area contributed by atoms with Gasteiger partial charge in [0.1, 0.15) is 17.3 Å². The van der Waals surface area contributed by atoms with Crippen LogP contribution in [0.4, 0.5) is 10.2 Å². The van der Waals surface area contributed by atoms with Gasteiger partial charge in [-0.15, -0.1) is 0 Å². The lowest BCUT2D eigenvalue weighted by Gasteiger charge is -2.40. The molecule has 4 aromatic rings. The molecule has 1 amide bonds. The van der Waals surface area contributed by atoms with Crippen LogP contribution in [0.5, 0.6) is 11.5 Å². The van der Waals surface area contributed by atoms with E-state index in [1.807, 2.05) is 22.9 Å². The van der Waals surface area contributed by atoms with Crippen molar-refractivity contribution in [3.63, 3.8) is 0 Å². The number of carbonyl (C=O) groups excluding carboxylic acids is 1. The molecule has 0 bridgehead atoms. The van der Waals surface area contributed by atoms with E-state index < -0.39 is 5.82 Å². The molecule has 5 rings (SSSR count). The number of halogens is 1. The molecule has 1 aliphatic rings. The minimum Gasteiger partial charge on any atom is -0.454 e. The van der Waals surface area contributed by atoms with Gasteiger partial charge in [-0.2, -0.15) is 5.10 Å². The first-order chi connectivity index (χ1) is 17.0. The molecule has 176 valence electrons. The molecule has 2 N–H and O–H groups in total. The topological polar surface area (TPSA) is 86.3 Å². The van der Waals surface area contributed by atoms with E-state index in [1.165, 1.54) is 6.07 Å². The number of para-hydroxylation sites is 1. The Labute approximate surface area is 202 Å². The number of anilines is 1. The summed E-state index contributed by atoms with van der Waals surface area (Å²) in [4.78, 5) is 18.1. The summed E-state index contributed by atoms with van der Waals surface area (Å²) in [6, 6.07) is 15.7. The molecular weight excluding hydrogens is 445 g/mol. The lowest BCUT2D eigenvalue weighted by Crippen LogP contribution is -2.46. The number of fused-ring (bicyclic) bond motifs is 1. The lowest BCUT2D eigenvalue weighted by molar-refractivity contribution is -0.128. The van der Waals surface area contributed by atoms with Crippen LogP contribution in [0.25, 0.3) is 22.2 Å². The first-order valence-electron chi connectivity index (χ1n) is 11.3. The fraction of sp³-hybridized carbons (Fsp3) is 0.222. The number of pyridine rings is 1. The highest BCUT2D eigenvalue weighted by atomic mass is 19.1. The molecule has 2 aromatic heterocycles. The maximum Gasteiger partial charge on any atom is 0.298 e. The predicted octanol–water partition coefficient (Wildman–Crippen LogP) is 4.80. The second-order valence-electron chi connectivity index (χ2n) is 8.51. The van der Waals surface area contributed by atoms with Crippen molar-refractivity contribution in [2.24, 2.45) is 0 Å². The third kappa shape index (κ3) is 4.17. The van der Waals surface area contributed by atoms with Gasteiger partial charge in [-0.05, 0) is 68.2 Å². The highest BCUT2D eigenvalue weighted by molar-refractivity contribution is 6.00. The zero-order valence-electron chi connectivity index (χ0n) is 19.4. The van der Waals surface area contributed by atoms with E-state index in [-0.39, 0.29) is 23.7 Å². The minimum absolute atomic E-state index is 0.116. The van der Waals surface area contributed by atoms with E-state index in [2.05, 4.69) is 16.8 Å². The van der Waals surface area contributed by atoms with Crippen molar-refractivity contribution in [2.75, 3.05) is 12.8 Å². The van der Waals surface area contributed by atoms with Crippen molar-refractivity contribution in [2.45, 2.75) is 31.8 Å². The zero-order valence-corrected chi connectivity index (χ0v) is 19.4. The first-order valence-corrected chi connectivity index (χ1v) is 11.3. The molecule has 0 saturated heterocycles. The molecule has 8 heteroatoms. The highest BCUT2D eigenvalue weighted by Crippen LogP contribution is 2.40. The SMILES string of the molecule is CC#CC(=O)N(C)C1CC(n2nc(-c3ccc(Oc4ccccc4F)cc3)c3c(N)nccc32)C1. The number of rotatable bonds is 5. The predicted molar refractivity (Wildman–Crippen MR) is 132 cm³/mol. The van der Waals surface area contributed by atoms with Crippen molar-refractivity contribution < 1.29 is 13.9 Å². The number of nitrogens with two attached hydrogens (primary N) is 1. The monoisotopic (exact) mass is 469 g/mol. The molecule has 2 aromatic carbocycles. The van der Waals surface area contributed by atoms with Crippen LogP contribution in [0.1, 0.15) is 25.8 Å². The van der Waals surface area contributed by atoms with Gasteiger partial charge >= 0.3 is 0 Å². The molecule has 0 radical (unpaired) electrons. The molecule has 1 saturated carbocycles. The van der Waals surface area contributed by atoms with E-state index in [9.17, 15) is 9.18 Å². The van der Waals surface area contributed by atoms with Gasteiger partial charge in [0.2, 0.25) is 0 Å². The average Bonchev–Trinajstić information content (AvgIpc) is 3.21. The van der Waals surface area contributed by atoms with Crippen molar-refractivity contribution in [3.05, 3.63) is 66.6 Å². The molecule has 1 fully saturated rings. The Morgan fingerprint density at radius 1 is 1.17 bits per heavy atom. The number of nitrogen functional groups attached to an aromatic ring is 1. The summed E-state index contributed by atoms with van der Waals surface area (Å²) < 4.78 is 21.6. The smallest absolute Gasteiger partial charge is 0.298 e. The normalized spacial score (nSPS) is 16.8. The van der Waals surface area contributed by atoms with E-state index in [4.69, 9.17) is 15.6 Å². The number of amides is 1. The largest absolute Gasteiger partial charge is 0.454 e. The Hall–Kier alpha value is -4.38. The van der Waals surface area contributed by atoms with E-state index >= 15 is 0 Å². The summed E-state index contributed by atoms with van der Waals surface area (Å²) in [7, 11) is 1.78. The third-order valence-electron chi connectivity index (χ3n) is 6.38. The summed E-state index contributed by atoms with van der Waals surface area (Å²) in [6.45, 7) is 1.66. The van der Waals surface area contributed by atoms with Crippen LogP contribution < -0.4 is 10.5 Å². The van der Waals surface area contributed by atoms with Crippen molar-refractivity contribution >= 4 is 22.6 Å². The van der Waals surface area contributed by atoms with E-state index in [1.54, 1.807) is 55.4 Å². The molecule has 0 atom stereocenters. The first kappa shape index (κ1) is 22.4. The molecule has 1 aliphatic carbocycles. The van der Waals surface area contributed by atoms with Crippen LogP contribution in [0, 0.1) is 17.7 Å². The Bertz CT molecular complexity index is 1460. The number of hydrogen-bond acceptors (Lipinski definition) is 5. The average molecular weight is 470 g/mol. The van der Waals surface area contributed by atoms with Crippen molar-refractivity contribution in [1.82, 2.24) is 19.7 Å². The van der Waals surface area contributed by atoms with Gasteiger partial charge in [0.15, 0.2) is 11.6 Å². The van der Waals surface area contributed by atoms with E-state index in [0.29, 0.717) is 17.3 Å². The zero-order chi connectivity index (χ0) is 24.5. The summed E-state index contributed by atoms with van der Waals surface area (Å²) >= 11 is 0. The second kappa shape index (κ2) is 9.11. The van der Waals surface area contributed by atoms with Crippen LogP contribution in [0.15, 0.2) is 60.8 Å².